The predicted molar refractivity (Wildman–Crippen MR) is 145 cm³/mol. The molecular weight excluding hydrogens is 459 g/mol. The first-order chi connectivity index (χ1) is 16.7. The Hall–Kier alpha value is -2.56. The van der Waals surface area contributed by atoms with Crippen LogP contribution in [0.1, 0.15) is 85.4 Å². The van der Waals surface area contributed by atoms with Crippen LogP contribution in [0.25, 0.3) is 22.0 Å². The van der Waals surface area contributed by atoms with Crippen molar-refractivity contribution in [1.29, 1.82) is 5.26 Å². The standard InChI is InChI=1S/C24H27FN4OS.2C2H6/c1-15(28-31(30)17-5-6-17)21-13-29(14-24(2,3)4)23-10-18(22(25)9-19(21)23)20-12-27-8-7-16(20)11-26;2*1-2/h7-10,12-13,15,17,28H,5-6,14H2,1-4H3;2*1-2H3. The van der Waals surface area contributed by atoms with E-state index in [2.05, 4.69) is 41.1 Å². The molecule has 1 fully saturated rings. The van der Waals surface area contributed by atoms with E-state index in [9.17, 15) is 9.47 Å². The molecule has 0 amide bonds. The number of benzene rings is 1. The number of hydrogen-bond donors (Lipinski definition) is 1. The van der Waals surface area contributed by atoms with Crippen LogP contribution in [0.3, 0.4) is 0 Å². The van der Waals surface area contributed by atoms with Gasteiger partial charge in [0.15, 0.2) is 0 Å². The molecule has 1 aliphatic carbocycles. The fraction of sp³-hybridized carbons (Fsp3) is 0.500. The van der Waals surface area contributed by atoms with Gasteiger partial charge in [-0.15, -0.1) is 0 Å². The zero-order valence-electron chi connectivity index (χ0n) is 22.3. The summed E-state index contributed by atoms with van der Waals surface area (Å²) in [6.45, 7) is 17.2. The molecule has 4 rings (SSSR count). The van der Waals surface area contributed by atoms with Crippen LogP contribution in [0.2, 0.25) is 0 Å². The molecule has 1 saturated carbocycles. The number of rotatable bonds is 6. The Morgan fingerprint density at radius 2 is 1.89 bits per heavy atom. The fourth-order valence-electron chi connectivity index (χ4n) is 3.85. The van der Waals surface area contributed by atoms with Crippen LogP contribution < -0.4 is 4.72 Å². The Labute approximate surface area is 212 Å². The van der Waals surface area contributed by atoms with E-state index in [0.717, 1.165) is 35.9 Å². The largest absolute Gasteiger partial charge is 0.347 e. The summed E-state index contributed by atoms with van der Waals surface area (Å²) in [5.41, 5.74) is 3.05. The van der Waals surface area contributed by atoms with E-state index < -0.39 is 16.8 Å². The quantitative estimate of drug-likeness (QED) is 0.388. The van der Waals surface area contributed by atoms with E-state index >= 15 is 4.39 Å². The molecule has 5 nitrogen and oxygen atoms in total. The number of halogens is 1. The van der Waals surface area contributed by atoms with Gasteiger partial charge < -0.3 is 4.57 Å². The summed E-state index contributed by atoms with van der Waals surface area (Å²) < 4.78 is 33.0. The van der Waals surface area contributed by atoms with Crippen molar-refractivity contribution in [2.75, 3.05) is 0 Å². The van der Waals surface area contributed by atoms with Gasteiger partial charge in [-0.3, -0.25) is 4.98 Å². The van der Waals surface area contributed by atoms with Crippen LogP contribution in [0.4, 0.5) is 4.39 Å². The Morgan fingerprint density at radius 1 is 1.23 bits per heavy atom. The molecule has 3 aromatic rings. The van der Waals surface area contributed by atoms with E-state index in [4.69, 9.17) is 0 Å². The second kappa shape index (κ2) is 12.4. The van der Waals surface area contributed by atoms with Crippen LogP contribution >= 0.6 is 0 Å². The molecule has 0 saturated heterocycles. The van der Waals surface area contributed by atoms with E-state index in [1.165, 1.54) is 18.5 Å². The van der Waals surface area contributed by atoms with Gasteiger partial charge in [-0.25, -0.2) is 13.3 Å². The maximum atomic E-state index is 15.3. The van der Waals surface area contributed by atoms with Crippen LogP contribution in [-0.2, 0) is 17.5 Å². The second-order valence-electron chi connectivity index (χ2n) is 9.49. The van der Waals surface area contributed by atoms with E-state index in [1.807, 2.05) is 46.9 Å². The van der Waals surface area contributed by atoms with E-state index in [1.54, 1.807) is 6.07 Å². The lowest BCUT2D eigenvalue weighted by Crippen LogP contribution is -2.24. The normalized spacial score (nSPS) is 14.7. The first-order valence-electron chi connectivity index (χ1n) is 12.5. The van der Waals surface area contributed by atoms with Crippen LogP contribution in [0.15, 0.2) is 36.8 Å². The number of nitrogens with zero attached hydrogens (tertiary/aromatic N) is 3. The van der Waals surface area contributed by atoms with Crippen LogP contribution in [0.5, 0.6) is 0 Å². The minimum atomic E-state index is -1.09. The van der Waals surface area contributed by atoms with Crippen molar-refractivity contribution in [3.05, 3.63) is 53.7 Å². The highest BCUT2D eigenvalue weighted by molar-refractivity contribution is 7.84. The van der Waals surface area contributed by atoms with Crippen molar-refractivity contribution in [1.82, 2.24) is 14.3 Å². The maximum absolute atomic E-state index is 15.3. The average Bonchev–Trinajstić information content (AvgIpc) is 3.64. The number of nitrogens with one attached hydrogen (secondary N) is 1. The molecule has 190 valence electrons. The first kappa shape index (κ1) is 28.7. The monoisotopic (exact) mass is 498 g/mol. The van der Waals surface area contributed by atoms with Crippen molar-refractivity contribution < 1.29 is 8.60 Å². The molecule has 2 atom stereocenters. The zero-order chi connectivity index (χ0) is 26.3. The second-order valence-corrected chi connectivity index (χ2v) is 11.0. The van der Waals surface area contributed by atoms with Crippen molar-refractivity contribution in [2.24, 2.45) is 5.41 Å². The molecule has 35 heavy (non-hydrogen) atoms. The SMILES string of the molecule is CC.CC.CC(NS(=O)C1CC1)c1cn(CC(C)(C)C)c2cc(-c3cnccc3C#N)c(F)cc12. The molecule has 1 aromatic carbocycles. The van der Waals surface area contributed by atoms with Crippen molar-refractivity contribution >= 4 is 21.9 Å². The van der Waals surface area contributed by atoms with E-state index in [0.29, 0.717) is 16.7 Å². The number of pyridine rings is 1. The number of hydrogen-bond acceptors (Lipinski definition) is 3. The van der Waals surface area contributed by atoms with Gasteiger partial charge in [0.25, 0.3) is 0 Å². The molecule has 0 aliphatic heterocycles. The molecule has 2 heterocycles. The summed E-state index contributed by atoms with van der Waals surface area (Å²) in [4.78, 5) is 4.09. The van der Waals surface area contributed by atoms with Gasteiger partial charge >= 0.3 is 0 Å². The van der Waals surface area contributed by atoms with Crippen LogP contribution in [-0.4, -0.2) is 19.0 Å². The predicted octanol–water partition coefficient (Wildman–Crippen LogP) is 7.29. The molecule has 1 aliphatic rings. The minimum Gasteiger partial charge on any atom is -0.347 e. The first-order valence-corrected chi connectivity index (χ1v) is 13.7. The van der Waals surface area contributed by atoms with Gasteiger partial charge in [-0.1, -0.05) is 48.5 Å². The lowest BCUT2D eigenvalue weighted by atomic mass is 9.96. The third-order valence-corrected chi connectivity index (χ3v) is 7.13. The Bertz CT molecular complexity index is 1200. The topological polar surface area (TPSA) is 70.7 Å². The Balaban J connectivity index is 0.00000103. The Kier molecular flexibility index (Phi) is 10.2. The van der Waals surface area contributed by atoms with Gasteiger partial charge in [0.1, 0.15) is 5.82 Å². The molecule has 2 unspecified atom stereocenters. The average molecular weight is 499 g/mol. The molecular formula is C28H39FN4OS. The molecule has 0 bridgehead atoms. The third kappa shape index (κ3) is 6.99. The van der Waals surface area contributed by atoms with Gasteiger partial charge in [0, 0.05) is 58.5 Å². The number of aromatic nitrogens is 2. The lowest BCUT2D eigenvalue weighted by molar-refractivity contribution is 0.349. The highest BCUT2D eigenvalue weighted by Gasteiger charge is 2.30. The Morgan fingerprint density at radius 3 is 2.46 bits per heavy atom. The highest BCUT2D eigenvalue weighted by atomic mass is 32.2. The molecule has 2 aromatic heterocycles. The summed E-state index contributed by atoms with van der Waals surface area (Å²) >= 11 is 0. The van der Waals surface area contributed by atoms with E-state index in [-0.39, 0.29) is 16.7 Å². The third-order valence-electron chi connectivity index (χ3n) is 5.46. The minimum absolute atomic E-state index is 0.0113. The van der Waals surface area contributed by atoms with Gasteiger partial charge in [0.2, 0.25) is 0 Å². The molecule has 0 radical (unpaired) electrons. The number of fused-ring (bicyclic) bond motifs is 1. The van der Waals surface area contributed by atoms with Gasteiger partial charge in [-0.2, -0.15) is 5.26 Å². The van der Waals surface area contributed by atoms with Gasteiger partial charge in [-0.05, 0) is 48.9 Å². The fourth-order valence-corrected chi connectivity index (χ4v) is 5.09. The van der Waals surface area contributed by atoms with Crippen LogP contribution in [0, 0.1) is 22.6 Å². The molecule has 7 heteroatoms. The molecule has 1 N–H and O–H groups in total. The van der Waals surface area contributed by atoms with Crippen molar-refractivity contribution in [3.8, 4) is 17.2 Å². The lowest BCUT2D eigenvalue weighted by Gasteiger charge is -2.20. The molecule has 0 spiro atoms. The summed E-state index contributed by atoms with van der Waals surface area (Å²) in [6, 6.07) is 6.89. The van der Waals surface area contributed by atoms with Crippen molar-refractivity contribution in [2.45, 2.75) is 86.1 Å². The summed E-state index contributed by atoms with van der Waals surface area (Å²) in [7, 11) is -1.09. The number of nitriles is 1. The highest BCUT2D eigenvalue weighted by Crippen LogP contribution is 2.36. The summed E-state index contributed by atoms with van der Waals surface area (Å²) in [5, 5.41) is 10.5. The summed E-state index contributed by atoms with van der Waals surface area (Å²) in [5.74, 6) is -0.401. The van der Waals surface area contributed by atoms with Crippen molar-refractivity contribution in [3.63, 3.8) is 0 Å². The smallest absolute Gasteiger partial charge is 0.131 e. The maximum Gasteiger partial charge on any atom is 0.131 e. The van der Waals surface area contributed by atoms with Gasteiger partial charge in [0.05, 0.1) is 22.6 Å². The zero-order valence-corrected chi connectivity index (χ0v) is 23.1. The summed E-state index contributed by atoms with van der Waals surface area (Å²) in [6.07, 6.45) is 7.08.